The predicted molar refractivity (Wildman–Crippen MR) is 67.7 cm³/mol. The molecule has 2 unspecified atom stereocenters. The number of aryl methyl sites for hydroxylation is 2. The van der Waals surface area contributed by atoms with E-state index in [-0.39, 0.29) is 11.5 Å². The van der Waals surface area contributed by atoms with E-state index >= 15 is 0 Å². The Morgan fingerprint density at radius 3 is 2.19 bits per heavy atom. The van der Waals surface area contributed by atoms with Gasteiger partial charge in [0.05, 0.1) is 6.10 Å². The SMILES string of the molecule is Cc1cc(C)cc(NC2CC(O)C2(C)C)c1. The summed E-state index contributed by atoms with van der Waals surface area (Å²) >= 11 is 0. The largest absolute Gasteiger partial charge is 0.392 e. The Balaban J connectivity index is 2.11. The summed E-state index contributed by atoms with van der Waals surface area (Å²) in [6.45, 7) is 8.45. The number of anilines is 1. The lowest BCUT2D eigenvalue weighted by atomic mass is 9.64. The Kier molecular flexibility index (Phi) is 2.70. The van der Waals surface area contributed by atoms with Crippen LogP contribution in [0.5, 0.6) is 0 Å². The number of hydrogen-bond donors (Lipinski definition) is 2. The number of rotatable bonds is 2. The summed E-state index contributed by atoms with van der Waals surface area (Å²) in [6.07, 6.45) is 0.677. The maximum atomic E-state index is 9.69. The van der Waals surface area contributed by atoms with Crippen molar-refractivity contribution < 1.29 is 5.11 Å². The highest BCUT2D eigenvalue weighted by molar-refractivity contribution is 5.50. The first kappa shape index (κ1) is 11.5. The minimum Gasteiger partial charge on any atom is -0.392 e. The van der Waals surface area contributed by atoms with Crippen LogP contribution in [0.2, 0.25) is 0 Å². The van der Waals surface area contributed by atoms with Gasteiger partial charge in [-0.2, -0.15) is 0 Å². The third-order valence-corrected chi connectivity index (χ3v) is 3.78. The molecule has 1 aliphatic carbocycles. The van der Waals surface area contributed by atoms with Gasteiger partial charge in [-0.3, -0.25) is 0 Å². The molecule has 2 nitrogen and oxygen atoms in total. The average Bonchev–Trinajstić information content (AvgIpc) is 2.15. The van der Waals surface area contributed by atoms with Gasteiger partial charge in [-0.25, -0.2) is 0 Å². The molecule has 0 radical (unpaired) electrons. The number of benzene rings is 1. The molecule has 0 spiro atoms. The summed E-state index contributed by atoms with van der Waals surface area (Å²) in [5.41, 5.74) is 3.71. The van der Waals surface area contributed by atoms with Crippen molar-refractivity contribution in [1.29, 1.82) is 0 Å². The van der Waals surface area contributed by atoms with Crippen molar-refractivity contribution in [3.63, 3.8) is 0 Å². The molecule has 1 aromatic carbocycles. The van der Waals surface area contributed by atoms with Crippen molar-refractivity contribution in [2.75, 3.05) is 5.32 Å². The molecule has 2 rings (SSSR count). The zero-order valence-corrected chi connectivity index (χ0v) is 10.5. The van der Waals surface area contributed by atoms with Crippen molar-refractivity contribution in [2.24, 2.45) is 5.41 Å². The first-order chi connectivity index (χ1) is 7.39. The van der Waals surface area contributed by atoms with Crippen LogP contribution < -0.4 is 5.32 Å². The Hall–Kier alpha value is -1.02. The monoisotopic (exact) mass is 219 g/mol. The molecular formula is C14H21NO. The van der Waals surface area contributed by atoms with E-state index in [4.69, 9.17) is 0 Å². The molecule has 2 heteroatoms. The molecule has 16 heavy (non-hydrogen) atoms. The molecule has 0 aliphatic heterocycles. The van der Waals surface area contributed by atoms with Crippen LogP contribution >= 0.6 is 0 Å². The number of hydrogen-bond acceptors (Lipinski definition) is 2. The molecule has 0 aromatic heterocycles. The van der Waals surface area contributed by atoms with E-state index in [0.717, 1.165) is 6.42 Å². The van der Waals surface area contributed by atoms with Crippen LogP contribution in [0.3, 0.4) is 0 Å². The lowest BCUT2D eigenvalue weighted by molar-refractivity contribution is -0.0510. The van der Waals surface area contributed by atoms with Gasteiger partial charge in [0.15, 0.2) is 0 Å². The molecule has 2 N–H and O–H groups in total. The zero-order valence-electron chi connectivity index (χ0n) is 10.5. The Bertz CT molecular complexity index is 377. The molecule has 88 valence electrons. The standard InChI is InChI=1S/C14H21NO/c1-9-5-10(2)7-11(6-9)15-12-8-13(16)14(12,3)4/h5-7,12-13,15-16H,8H2,1-4H3. The third kappa shape index (κ3) is 1.94. The van der Waals surface area contributed by atoms with E-state index in [1.807, 2.05) is 0 Å². The number of aliphatic hydroxyl groups excluding tert-OH is 1. The van der Waals surface area contributed by atoms with Gasteiger partial charge >= 0.3 is 0 Å². The first-order valence-electron chi connectivity index (χ1n) is 5.92. The summed E-state index contributed by atoms with van der Waals surface area (Å²) in [5.74, 6) is 0. The molecular weight excluding hydrogens is 198 g/mol. The zero-order chi connectivity index (χ0) is 11.9. The summed E-state index contributed by atoms with van der Waals surface area (Å²) in [5, 5.41) is 13.2. The van der Waals surface area contributed by atoms with Crippen LogP contribution in [0, 0.1) is 19.3 Å². The van der Waals surface area contributed by atoms with E-state index in [9.17, 15) is 5.11 Å². The van der Waals surface area contributed by atoms with E-state index in [2.05, 4.69) is 51.2 Å². The molecule has 0 bridgehead atoms. The average molecular weight is 219 g/mol. The maximum absolute atomic E-state index is 9.69. The van der Waals surface area contributed by atoms with Gasteiger partial charge in [-0.1, -0.05) is 19.9 Å². The maximum Gasteiger partial charge on any atom is 0.0630 e. The minimum atomic E-state index is -0.170. The van der Waals surface area contributed by atoms with Crippen molar-refractivity contribution >= 4 is 5.69 Å². The van der Waals surface area contributed by atoms with E-state index in [1.165, 1.54) is 16.8 Å². The molecule has 1 aromatic rings. The van der Waals surface area contributed by atoms with Crippen LogP contribution in [0.4, 0.5) is 5.69 Å². The van der Waals surface area contributed by atoms with Crippen LogP contribution in [-0.4, -0.2) is 17.3 Å². The Labute approximate surface area is 97.7 Å². The third-order valence-electron chi connectivity index (χ3n) is 3.78. The van der Waals surface area contributed by atoms with Gasteiger partial charge in [0.25, 0.3) is 0 Å². The number of aliphatic hydroxyl groups is 1. The van der Waals surface area contributed by atoms with Crippen molar-refractivity contribution in [3.05, 3.63) is 29.3 Å². The van der Waals surface area contributed by atoms with Crippen LogP contribution in [0.15, 0.2) is 18.2 Å². The van der Waals surface area contributed by atoms with Crippen molar-refractivity contribution in [1.82, 2.24) is 0 Å². The van der Waals surface area contributed by atoms with E-state index < -0.39 is 0 Å². The van der Waals surface area contributed by atoms with E-state index in [1.54, 1.807) is 0 Å². The van der Waals surface area contributed by atoms with Gasteiger partial charge in [0.1, 0.15) is 0 Å². The van der Waals surface area contributed by atoms with Gasteiger partial charge in [-0.15, -0.1) is 0 Å². The Morgan fingerprint density at radius 1 is 1.19 bits per heavy atom. The normalized spacial score (nSPS) is 27.3. The summed E-state index contributed by atoms with van der Waals surface area (Å²) in [4.78, 5) is 0. The quantitative estimate of drug-likeness (QED) is 0.801. The van der Waals surface area contributed by atoms with Crippen LogP contribution in [0.1, 0.15) is 31.4 Å². The summed E-state index contributed by atoms with van der Waals surface area (Å²) < 4.78 is 0. The van der Waals surface area contributed by atoms with Crippen LogP contribution in [0.25, 0.3) is 0 Å². The lowest BCUT2D eigenvalue weighted by Gasteiger charge is -2.49. The fourth-order valence-corrected chi connectivity index (χ4v) is 2.41. The second kappa shape index (κ2) is 3.77. The van der Waals surface area contributed by atoms with Crippen LogP contribution in [-0.2, 0) is 0 Å². The highest BCUT2D eigenvalue weighted by Gasteiger charge is 2.47. The molecule has 0 heterocycles. The fourth-order valence-electron chi connectivity index (χ4n) is 2.41. The molecule has 1 fully saturated rings. The topological polar surface area (TPSA) is 32.3 Å². The van der Waals surface area contributed by atoms with Gasteiger partial charge < -0.3 is 10.4 Å². The summed E-state index contributed by atoms with van der Waals surface area (Å²) in [6, 6.07) is 6.87. The first-order valence-corrected chi connectivity index (χ1v) is 5.92. The minimum absolute atomic E-state index is 0.0162. The van der Waals surface area contributed by atoms with E-state index in [0.29, 0.717) is 6.04 Å². The molecule has 0 saturated heterocycles. The van der Waals surface area contributed by atoms with Crippen molar-refractivity contribution in [2.45, 2.75) is 46.3 Å². The molecule has 1 aliphatic rings. The molecule has 2 atom stereocenters. The number of nitrogens with one attached hydrogen (secondary N) is 1. The highest BCUT2D eigenvalue weighted by atomic mass is 16.3. The highest BCUT2D eigenvalue weighted by Crippen LogP contribution is 2.42. The van der Waals surface area contributed by atoms with Gasteiger partial charge in [0.2, 0.25) is 0 Å². The Morgan fingerprint density at radius 2 is 1.75 bits per heavy atom. The summed E-state index contributed by atoms with van der Waals surface area (Å²) in [7, 11) is 0. The van der Waals surface area contributed by atoms with Crippen molar-refractivity contribution in [3.8, 4) is 0 Å². The second-order valence-corrected chi connectivity index (χ2v) is 5.65. The predicted octanol–water partition coefficient (Wildman–Crippen LogP) is 2.87. The smallest absolute Gasteiger partial charge is 0.0630 e. The fraction of sp³-hybridized carbons (Fsp3) is 0.571. The molecule has 0 amide bonds. The van der Waals surface area contributed by atoms with Gasteiger partial charge in [0, 0.05) is 17.1 Å². The van der Waals surface area contributed by atoms with Gasteiger partial charge in [-0.05, 0) is 43.5 Å². The second-order valence-electron chi connectivity index (χ2n) is 5.65. The molecule has 1 saturated carbocycles. The lowest BCUT2D eigenvalue weighted by Crippen LogP contribution is -2.56.